The van der Waals surface area contributed by atoms with Gasteiger partial charge in [-0.1, -0.05) is 0 Å². The van der Waals surface area contributed by atoms with E-state index in [2.05, 4.69) is 15.0 Å². The van der Waals surface area contributed by atoms with Gasteiger partial charge in [0.2, 0.25) is 0 Å². The molecule has 0 amide bonds. The second-order valence-corrected chi connectivity index (χ2v) is 6.12. The highest BCUT2D eigenvalue weighted by Gasteiger charge is 2.44. The van der Waals surface area contributed by atoms with E-state index in [0.29, 0.717) is 0 Å². The topological polar surface area (TPSA) is 149 Å². The van der Waals surface area contributed by atoms with Gasteiger partial charge in [-0.3, -0.25) is 4.57 Å². The summed E-state index contributed by atoms with van der Waals surface area (Å²) in [6.07, 6.45) is -3.58. The van der Waals surface area contributed by atoms with Crippen molar-refractivity contribution >= 4 is 17.0 Å². The van der Waals surface area contributed by atoms with Crippen molar-refractivity contribution in [2.75, 3.05) is 12.3 Å². The predicted octanol–water partition coefficient (Wildman–Crippen LogP) is 0.0905. The fourth-order valence-electron chi connectivity index (χ4n) is 2.91. The average molecular weight is 395 g/mol. The van der Waals surface area contributed by atoms with Gasteiger partial charge in [0.1, 0.15) is 24.1 Å². The number of hydrogen-bond donors (Lipinski definition) is 4. The number of aromatic nitrogens is 4. The normalized spacial score (nSPS) is 24.8. The van der Waals surface area contributed by atoms with Crippen molar-refractivity contribution in [1.82, 2.24) is 19.5 Å². The first-order chi connectivity index (χ1) is 13.4. The lowest BCUT2D eigenvalue weighted by atomic mass is 10.1. The first-order valence-corrected chi connectivity index (χ1v) is 8.14. The number of fused-ring (bicyclic) bond motifs is 1. The van der Waals surface area contributed by atoms with Crippen LogP contribution in [-0.4, -0.2) is 59.8 Å². The maximum absolute atomic E-state index is 13.8. The maximum atomic E-state index is 13.8. The molecule has 4 atom stereocenters. The van der Waals surface area contributed by atoms with Crippen LogP contribution in [0.2, 0.25) is 0 Å². The van der Waals surface area contributed by atoms with Crippen LogP contribution in [0.15, 0.2) is 24.5 Å². The summed E-state index contributed by atoms with van der Waals surface area (Å²) in [5.41, 5.74) is 6.05. The molecule has 12 heteroatoms. The minimum atomic E-state index is -1.38. The number of nitrogens with two attached hydrogens (primary N) is 1. The SMILES string of the molecule is Nc1nc(Oc2cc(F)ccc2F)nc2c1ncn2[C@@H]1O[C@H](CO)C(O)[C@H]1O. The molecule has 4 rings (SSSR count). The third-order valence-corrected chi connectivity index (χ3v) is 4.31. The van der Waals surface area contributed by atoms with E-state index >= 15 is 0 Å². The van der Waals surface area contributed by atoms with Gasteiger partial charge in [-0.2, -0.15) is 9.97 Å². The number of nitrogens with zero attached hydrogens (tertiary/aromatic N) is 4. The molecule has 5 N–H and O–H groups in total. The van der Waals surface area contributed by atoms with Gasteiger partial charge in [-0.15, -0.1) is 0 Å². The lowest BCUT2D eigenvalue weighted by Crippen LogP contribution is -2.33. The van der Waals surface area contributed by atoms with Crippen LogP contribution in [0.4, 0.5) is 14.6 Å². The Hall–Kier alpha value is -2.93. The molecule has 1 aromatic carbocycles. The molecule has 0 bridgehead atoms. The van der Waals surface area contributed by atoms with Crippen LogP contribution in [-0.2, 0) is 4.74 Å². The third kappa shape index (κ3) is 3.01. The second kappa shape index (κ2) is 6.91. The minimum absolute atomic E-state index is 0.0640. The van der Waals surface area contributed by atoms with Gasteiger partial charge in [0, 0.05) is 6.07 Å². The van der Waals surface area contributed by atoms with Crippen LogP contribution >= 0.6 is 0 Å². The summed E-state index contributed by atoms with van der Waals surface area (Å²) in [7, 11) is 0. The molecule has 1 saturated heterocycles. The van der Waals surface area contributed by atoms with Gasteiger partial charge >= 0.3 is 6.01 Å². The quantitative estimate of drug-likeness (QED) is 0.482. The van der Waals surface area contributed by atoms with Gasteiger partial charge in [0.05, 0.1) is 12.9 Å². The van der Waals surface area contributed by atoms with Gasteiger partial charge in [-0.25, -0.2) is 13.8 Å². The monoisotopic (exact) mass is 395 g/mol. The third-order valence-electron chi connectivity index (χ3n) is 4.31. The number of aliphatic hydroxyl groups excluding tert-OH is 3. The van der Waals surface area contributed by atoms with Crippen LogP contribution in [0.1, 0.15) is 6.23 Å². The molecule has 28 heavy (non-hydrogen) atoms. The van der Waals surface area contributed by atoms with Crippen molar-refractivity contribution in [3.8, 4) is 11.8 Å². The van der Waals surface area contributed by atoms with Crippen LogP contribution in [0, 0.1) is 11.6 Å². The molecule has 10 nitrogen and oxygen atoms in total. The van der Waals surface area contributed by atoms with E-state index in [1.165, 1.54) is 10.9 Å². The van der Waals surface area contributed by atoms with Crippen LogP contribution < -0.4 is 10.5 Å². The number of halogens is 2. The Kier molecular flexibility index (Phi) is 4.55. The van der Waals surface area contributed by atoms with Gasteiger partial charge < -0.3 is 30.5 Å². The summed E-state index contributed by atoms with van der Waals surface area (Å²) in [6, 6.07) is 2.25. The van der Waals surface area contributed by atoms with Crippen molar-refractivity contribution in [2.45, 2.75) is 24.5 Å². The first-order valence-electron chi connectivity index (χ1n) is 8.14. The molecular formula is C16H15F2N5O5. The van der Waals surface area contributed by atoms with Crippen molar-refractivity contribution in [2.24, 2.45) is 0 Å². The molecule has 0 spiro atoms. The summed E-state index contributed by atoms with van der Waals surface area (Å²) in [6.45, 7) is -0.508. The van der Waals surface area contributed by atoms with E-state index in [1.807, 2.05) is 0 Å². The number of imidazole rings is 1. The number of rotatable bonds is 4. The van der Waals surface area contributed by atoms with E-state index in [0.717, 1.165) is 18.2 Å². The van der Waals surface area contributed by atoms with E-state index in [1.54, 1.807) is 0 Å². The van der Waals surface area contributed by atoms with Crippen LogP contribution in [0.3, 0.4) is 0 Å². The van der Waals surface area contributed by atoms with E-state index in [4.69, 9.17) is 15.2 Å². The Labute approximate surface area is 155 Å². The summed E-state index contributed by atoms with van der Waals surface area (Å²) < 4.78 is 39.1. The van der Waals surface area contributed by atoms with E-state index < -0.39 is 48.5 Å². The average Bonchev–Trinajstić information content (AvgIpc) is 3.20. The lowest BCUT2D eigenvalue weighted by molar-refractivity contribution is -0.0511. The number of nitrogen functional groups attached to an aromatic ring is 1. The molecule has 1 aliphatic rings. The number of hydrogen-bond acceptors (Lipinski definition) is 9. The fourth-order valence-corrected chi connectivity index (χ4v) is 2.91. The molecule has 0 aliphatic carbocycles. The molecule has 0 radical (unpaired) electrons. The molecule has 1 unspecified atom stereocenters. The van der Waals surface area contributed by atoms with Gasteiger partial charge in [0.25, 0.3) is 0 Å². The minimum Gasteiger partial charge on any atom is -0.421 e. The standard InChI is InChI=1S/C16H15F2N5O5/c17-6-1-2-7(18)8(3-6)28-16-21-13(19)10-14(22-16)23(5-20-10)15-12(26)11(25)9(4-24)27-15/h1-3,5,9,11-12,15,24-26H,4H2,(H2,19,21,22)/t9-,11?,12-,15-/m1/s1. The van der Waals surface area contributed by atoms with Crippen LogP contribution in [0.25, 0.3) is 11.2 Å². The van der Waals surface area contributed by atoms with Crippen molar-refractivity contribution in [3.05, 3.63) is 36.2 Å². The number of benzene rings is 1. The Balaban J connectivity index is 1.74. The highest BCUT2D eigenvalue weighted by molar-refractivity contribution is 5.82. The van der Waals surface area contributed by atoms with Crippen molar-refractivity contribution in [3.63, 3.8) is 0 Å². The highest BCUT2D eigenvalue weighted by Crippen LogP contribution is 2.33. The predicted molar refractivity (Wildman–Crippen MR) is 89.2 cm³/mol. The lowest BCUT2D eigenvalue weighted by Gasteiger charge is -2.16. The molecule has 148 valence electrons. The summed E-state index contributed by atoms with van der Waals surface area (Å²) in [4.78, 5) is 12.0. The number of aliphatic hydroxyl groups is 3. The van der Waals surface area contributed by atoms with Gasteiger partial charge in [0.15, 0.2) is 34.8 Å². The summed E-state index contributed by atoms with van der Waals surface area (Å²) in [5.74, 6) is -2.11. The first kappa shape index (κ1) is 18.4. The summed E-state index contributed by atoms with van der Waals surface area (Å²) in [5, 5.41) is 29.4. The maximum Gasteiger partial charge on any atom is 0.326 e. The second-order valence-electron chi connectivity index (χ2n) is 6.12. The van der Waals surface area contributed by atoms with Crippen LogP contribution in [0.5, 0.6) is 11.8 Å². The molecule has 3 heterocycles. The molecule has 1 aliphatic heterocycles. The Morgan fingerprint density at radius 3 is 2.71 bits per heavy atom. The van der Waals surface area contributed by atoms with E-state index in [-0.39, 0.29) is 23.0 Å². The number of anilines is 1. The molecular weight excluding hydrogens is 380 g/mol. The largest absolute Gasteiger partial charge is 0.421 e. The van der Waals surface area contributed by atoms with E-state index in [9.17, 15) is 24.1 Å². The van der Waals surface area contributed by atoms with Crippen molar-refractivity contribution < 1.29 is 33.6 Å². The Morgan fingerprint density at radius 1 is 1.21 bits per heavy atom. The molecule has 1 fully saturated rings. The zero-order valence-electron chi connectivity index (χ0n) is 14.1. The van der Waals surface area contributed by atoms with Crippen molar-refractivity contribution in [1.29, 1.82) is 0 Å². The molecule has 3 aromatic rings. The Bertz CT molecular complexity index is 1030. The smallest absolute Gasteiger partial charge is 0.326 e. The number of ether oxygens (including phenoxy) is 2. The fraction of sp³-hybridized carbons (Fsp3) is 0.312. The Morgan fingerprint density at radius 2 is 2.00 bits per heavy atom. The molecule has 0 saturated carbocycles. The molecule has 2 aromatic heterocycles. The zero-order valence-corrected chi connectivity index (χ0v) is 14.1. The zero-order chi connectivity index (χ0) is 20.0. The highest BCUT2D eigenvalue weighted by atomic mass is 19.1. The van der Waals surface area contributed by atoms with Gasteiger partial charge in [-0.05, 0) is 12.1 Å². The summed E-state index contributed by atoms with van der Waals surface area (Å²) >= 11 is 0.